The first kappa shape index (κ1) is 17.6. The first-order chi connectivity index (χ1) is 13.1. The predicted molar refractivity (Wildman–Crippen MR) is 100 cm³/mol. The van der Waals surface area contributed by atoms with E-state index in [1.807, 2.05) is 11.0 Å². The van der Waals surface area contributed by atoms with Crippen molar-refractivity contribution in [2.75, 3.05) is 27.0 Å². The number of carbonyl (C=O) groups is 1. The van der Waals surface area contributed by atoms with E-state index in [1.165, 1.54) is 5.56 Å². The Morgan fingerprint density at radius 1 is 1.30 bits per heavy atom. The Kier molecular flexibility index (Phi) is 4.64. The van der Waals surface area contributed by atoms with Crippen molar-refractivity contribution in [2.45, 2.75) is 26.2 Å². The quantitative estimate of drug-likeness (QED) is 0.829. The average Bonchev–Trinajstić information content (AvgIpc) is 3.15. The molecule has 1 amide bonds. The summed E-state index contributed by atoms with van der Waals surface area (Å²) in [5.41, 5.74) is 1.74. The molecule has 142 valence electrons. The molecule has 0 aliphatic carbocycles. The molecule has 6 nitrogen and oxygen atoms in total. The minimum Gasteiger partial charge on any atom is -0.480 e. The molecule has 1 aromatic heterocycles. The standard InChI is InChI=1S/C21H24N2O4/c1-21(12-15-6-7-17-18(11-15)27-14-26-17)8-4-10-23(13-21)20(24)16-5-3-9-22-19(16)25-2/h3,5-7,9,11H,4,8,10,12-14H2,1-2H3. The second kappa shape index (κ2) is 7.10. The molecule has 2 aromatic rings. The van der Waals surface area contributed by atoms with Crippen LogP contribution in [-0.4, -0.2) is 42.8 Å². The van der Waals surface area contributed by atoms with Crippen LogP contribution < -0.4 is 14.2 Å². The van der Waals surface area contributed by atoms with Gasteiger partial charge in [-0.05, 0) is 54.5 Å². The minimum absolute atomic E-state index is 0.0110. The molecule has 0 spiro atoms. The fourth-order valence-corrected chi connectivity index (χ4v) is 4.06. The number of piperidine rings is 1. The van der Waals surface area contributed by atoms with Crippen LogP contribution in [-0.2, 0) is 6.42 Å². The molecule has 0 saturated carbocycles. The number of hydrogen-bond donors (Lipinski definition) is 0. The summed E-state index contributed by atoms with van der Waals surface area (Å²) in [5.74, 6) is 1.97. The molecule has 4 rings (SSSR count). The highest BCUT2D eigenvalue weighted by Crippen LogP contribution is 2.38. The maximum absolute atomic E-state index is 13.0. The zero-order chi connectivity index (χ0) is 18.9. The van der Waals surface area contributed by atoms with Crippen molar-refractivity contribution in [1.29, 1.82) is 0 Å². The topological polar surface area (TPSA) is 60.9 Å². The Balaban J connectivity index is 1.50. The van der Waals surface area contributed by atoms with E-state index in [0.29, 0.717) is 18.0 Å². The Morgan fingerprint density at radius 3 is 3.00 bits per heavy atom. The highest BCUT2D eigenvalue weighted by molar-refractivity contribution is 5.96. The van der Waals surface area contributed by atoms with Crippen LogP contribution in [0.15, 0.2) is 36.5 Å². The van der Waals surface area contributed by atoms with E-state index >= 15 is 0 Å². The minimum atomic E-state index is -0.0171. The van der Waals surface area contributed by atoms with Gasteiger partial charge in [-0.15, -0.1) is 0 Å². The molecule has 6 heteroatoms. The number of aromatic nitrogens is 1. The van der Waals surface area contributed by atoms with Crippen molar-refractivity contribution in [3.63, 3.8) is 0 Å². The molecule has 3 heterocycles. The number of amides is 1. The SMILES string of the molecule is COc1ncccc1C(=O)N1CCCC(C)(Cc2ccc3c(c2)OCO3)C1. The highest BCUT2D eigenvalue weighted by Gasteiger charge is 2.34. The summed E-state index contributed by atoms with van der Waals surface area (Å²) in [4.78, 5) is 19.1. The van der Waals surface area contributed by atoms with E-state index < -0.39 is 0 Å². The number of pyridine rings is 1. The van der Waals surface area contributed by atoms with E-state index in [4.69, 9.17) is 14.2 Å². The van der Waals surface area contributed by atoms with Crippen LogP contribution in [0.1, 0.15) is 35.7 Å². The highest BCUT2D eigenvalue weighted by atomic mass is 16.7. The van der Waals surface area contributed by atoms with E-state index in [2.05, 4.69) is 24.0 Å². The molecule has 1 unspecified atom stereocenters. The molecule has 27 heavy (non-hydrogen) atoms. The third-order valence-electron chi connectivity index (χ3n) is 5.33. The molecule has 2 aliphatic rings. The fourth-order valence-electron chi connectivity index (χ4n) is 4.06. The summed E-state index contributed by atoms with van der Waals surface area (Å²) < 4.78 is 16.2. The lowest BCUT2D eigenvalue weighted by molar-refractivity contribution is 0.0546. The maximum Gasteiger partial charge on any atom is 0.259 e. The first-order valence-electron chi connectivity index (χ1n) is 9.25. The predicted octanol–water partition coefficient (Wildman–Crippen LogP) is 3.30. The lowest BCUT2D eigenvalue weighted by atomic mass is 9.76. The number of likely N-dealkylation sites (tertiary alicyclic amines) is 1. The normalized spacial score (nSPS) is 21.2. The number of carbonyl (C=O) groups excluding carboxylic acids is 1. The van der Waals surface area contributed by atoms with Crippen LogP contribution in [0.25, 0.3) is 0 Å². The Bertz CT molecular complexity index is 854. The largest absolute Gasteiger partial charge is 0.480 e. The van der Waals surface area contributed by atoms with E-state index in [9.17, 15) is 4.79 Å². The summed E-state index contributed by atoms with van der Waals surface area (Å²) in [7, 11) is 1.54. The number of hydrogen-bond acceptors (Lipinski definition) is 5. The molecule has 2 aliphatic heterocycles. The summed E-state index contributed by atoms with van der Waals surface area (Å²) in [6.45, 7) is 3.99. The van der Waals surface area contributed by atoms with Crippen molar-refractivity contribution >= 4 is 5.91 Å². The lowest BCUT2D eigenvalue weighted by Crippen LogP contribution is -2.45. The van der Waals surface area contributed by atoms with Gasteiger partial charge in [-0.1, -0.05) is 13.0 Å². The zero-order valence-corrected chi connectivity index (χ0v) is 15.7. The van der Waals surface area contributed by atoms with Crippen LogP contribution in [0.2, 0.25) is 0 Å². The van der Waals surface area contributed by atoms with Crippen molar-refractivity contribution in [3.8, 4) is 17.4 Å². The molecule has 0 N–H and O–H groups in total. The summed E-state index contributed by atoms with van der Waals surface area (Å²) in [5, 5.41) is 0. The number of benzene rings is 1. The van der Waals surface area contributed by atoms with Gasteiger partial charge in [-0.3, -0.25) is 4.79 Å². The maximum atomic E-state index is 13.0. The van der Waals surface area contributed by atoms with Crippen LogP contribution in [0.4, 0.5) is 0 Å². The number of ether oxygens (including phenoxy) is 3. The van der Waals surface area contributed by atoms with Crippen LogP contribution in [0.5, 0.6) is 17.4 Å². The molecule has 1 aromatic carbocycles. The van der Waals surface area contributed by atoms with E-state index in [1.54, 1.807) is 25.4 Å². The molecule has 1 saturated heterocycles. The smallest absolute Gasteiger partial charge is 0.259 e. The van der Waals surface area contributed by atoms with Gasteiger partial charge in [0.1, 0.15) is 5.56 Å². The summed E-state index contributed by atoms with van der Waals surface area (Å²) in [6.07, 6.45) is 4.58. The molecule has 0 radical (unpaired) electrons. The van der Waals surface area contributed by atoms with Gasteiger partial charge >= 0.3 is 0 Å². The fraction of sp³-hybridized carbons (Fsp3) is 0.429. The number of rotatable bonds is 4. The lowest BCUT2D eigenvalue weighted by Gasteiger charge is -2.41. The van der Waals surface area contributed by atoms with Gasteiger partial charge in [0, 0.05) is 19.3 Å². The Morgan fingerprint density at radius 2 is 2.15 bits per heavy atom. The monoisotopic (exact) mass is 368 g/mol. The first-order valence-corrected chi connectivity index (χ1v) is 9.25. The second-order valence-electron chi connectivity index (χ2n) is 7.57. The number of nitrogens with zero attached hydrogens (tertiary/aromatic N) is 2. The van der Waals surface area contributed by atoms with Crippen LogP contribution in [0.3, 0.4) is 0 Å². The van der Waals surface area contributed by atoms with Gasteiger partial charge in [-0.25, -0.2) is 4.98 Å². The zero-order valence-electron chi connectivity index (χ0n) is 15.7. The van der Waals surface area contributed by atoms with E-state index in [-0.39, 0.29) is 18.1 Å². The molecule has 1 atom stereocenters. The Hall–Kier alpha value is -2.76. The van der Waals surface area contributed by atoms with Crippen molar-refractivity contribution in [1.82, 2.24) is 9.88 Å². The summed E-state index contributed by atoms with van der Waals surface area (Å²) in [6, 6.07) is 9.65. The second-order valence-corrected chi connectivity index (χ2v) is 7.57. The number of fused-ring (bicyclic) bond motifs is 1. The van der Waals surface area contributed by atoms with Crippen molar-refractivity contribution in [3.05, 3.63) is 47.7 Å². The molecule has 0 bridgehead atoms. The molecular formula is C21H24N2O4. The average molecular weight is 368 g/mol. The van der Waals surface area contributed by atoms with Gasteiger partial charge < -0.3 is 19.1 Å². The van der Waals surface area contributed by atoms with Gasteiger partial charge in [0.2, 0.25) is 12.7 Å². The van der Waals surface area contributed by atoms with Gasteiger partial charge in [0.15, 0.2) is 11.5 Å². The third kappa shape index (κ3) is 3.56. The Labute approximate surface area is 159 Å². The van der Waals surface area contributed by atoms with E-state index in [0.717, 1.165) is 37.3 Å². The van der Waals surface area contributed by atoms with Gasteiger partial charge in [0.25, 0.3) is 5.91 Å². The summed E-state index contributed by atoms with van der Waals surface area (Å²) >= 11 is 0. The van der Waals surface area contributed by atoms with Gasteiger partial charge in [0.05, 0.1) is 7.11 Å². The van der Waals surface area contributed by atoms with Gasteiger partial charge in [-0.2, -0.15) is 0 Å². The number of methoxy groups -OCH3 is 1. The third-order valence-corrected chi connectivity index (χ3v) is 5.33. The molecular weight excluding hydrogens is 344 g/mol. The van der Waals surface area contributed by atoms with Crippen LogP contribution >= 0.6 is 0 Å². The van der Waals surface area contributed by atoms with Crippen molar-refractivity contribution in [2.24, 2.45) is 5.41 Å². The molecule has 1 fully saturated rings. The van der Waals surface area contributed by atoms with Crippen molar-refractivity contribution < 1.29 is 19.0 Å². The van der Waals surface area contributed by atoms with Crippen LogP contribution in [0, 0.1) is 5.41 Å².